The van der Waals surface area contributed by atoms with E-state index in [0.717, 1.165) is 50.0 Å². The molecule has 2 aliphatic rings. The van der Waals surface area contributed by atoms with Gasteiger partial charge in [-0.3, -0.25) is 9.89 Å². The minimum absolute atomic E-state index is 0.0727. The third-order valence-corrected chi connectivity index (χ3v) is 5.75. The Kier molecular flexibility index (Phi) is 3.73. The van der Waals surface area contributed by atoms with Crippen molar-refractivity contribution in [2.45, 2.75) is 30.0 Å². The second-order valence-corrected chi connectivity index (χ2v) is 7.68. The van der Waals surface area contributed by atoms with Crippen molar-refractivity contribution in [3.8, 4) is 0 Å². The molecule has 4 N–H and O–H groups in total. The monoisotopic (exact) mass is 382 g/mol. The molecule has 9 heteroatoms. The first-order chi connectivity index (χ1) is 13.1. The molecule has 27 heavy (non-hydrogen) atoms. The van der Waals surface area contributed by atoms with Gasteiger partial charge in [-0.05, 0) is 37.7 Å². The number of anilines is 1. The van der Waals surface area contributed by atoms with Crippen LogP contribution in [0.5, 0.6) is 0 Å². The lowest BCUT2D eigenvalue weighted by molar-refractivity contribution is -0.115. The minimum Gasteiger partial charge on any atom is -0.453 e. The molecule has 1 unspecified atom stereocenters. The summed E-state index contributed by atoms with van der Waals surface area (Å²) in [5.41, 5.74) is 4.55. The number of imidazole rings is 1. The van der Waals surface area contributed by atoms with Crippen LogP contribution in [-0.4, -0.2) is 39.0 Å². The predicted octanol–water partition coefficient (Wildman–Crippen LogP) is 2.48. The molecule has 5 rings (SSSR count). The Morgan fingerprint density at radius 2 is 2.15 bits per heavy atom. The Morgan fingerprint density at radius 3 is 2.96 bits per heavy atom. The van der Waals surface area contributed by atoms with Gasteiger partial charge in [0.25, 0.3) is 0 Å². The molecular weight excluding hydrogens is 364 g/mol. The summed E-state index contributed by atoms with van der Waals surface area (Å²) in [5.74, 6) is 1.34. The highest BCUT2D eigenvalue weighted by molar-refractivity contribution is 7.99. The number of hydrogen-bond donors (Lipinski definition) is 4. The lowest BCUT2D eigenvalue weighted by Gasteiger charge is -2.30. The summed E-state index contributed by atoms with van der Waals surface area (Å²) >= 11 is 1.44. The van der Waals surface area contributed by atoms with Gasteiger partial charge in [0.2, 0.25) is 0 Å². The highest BCUT2D eigenvalue weighted by Gasteiger charge is 2.37. The molecule has 8 nitrogen and oxygen atoms in total. The molecular formula is C18H18N6O2S. The molecule has 0 bridgehead atoms. The number of fused-ring (bicyclic) bond motifs is 1. The van der Waals surface area contributed by atoms with Crippen LogP contribution in [0, 0.1) is 13.8 Å². The van der Waals surface area contributed by atoms with Crippen molar-refractivity contribution in [2.24, 2.45) is 0 Å². The van der Waals surface area contributed by atoms with E-state index in [9.17, 15) is 4.79 Å². The summed E-state index contributed by atoms with van der Waals surface area (Å²) in [6.45, 7) is 4.91. The first-order valence-corrected chi connectivity index (χ1v) is 9.50. The molecule has 0 saturated carbocycles. The molecule has 138 valence electrons. The van der Waals surface area contributed by atoms with Gasteiger partial charge in [0.15, 0.2) is 16.0 Å². The zero-order valence-corrected chi connectivity index (χ0v) is 15.7. The summed E-state index contributed by atoms with van der Waals surface area (Å²) in [5, 5.41) is 15.0. The van der Waals surface area contributed by atoms with Gasteiger partial charge in [-0.2, -0.15) is 5.10 Å². The Bertz CT molecular complexity index is 1060. The number of ketones is 1. The number of Topliss-reactive ketones (excluding diaryl/α,β-unsaturated/α-hetero) is 1. The number of rotatable bonds is 3. The molecule has 3 aromatic heterocycles. The van der Waals surface area contributed by atoms with E-state index in [4.69, 9.17) is 4.42 Å². The van der Waals surface area contributed by atoms with Gasteiger partial charge in [0.1, 0.15) is 11.6 Å². The SMILES string of the molecule is Cc1nc(Sc2ccc(C3C4=C(CNCC4=O)Nc4[nH]ncc43)o2)[nH]c1C. The van der Waals surface area contributed by atoms with Crippen LogP contribution in [0.15, 0.2) is 44.3 Å². The number of aryl methyl sites for hydroxylation is 2. The Morgan fingerprint density at radius 1 is 1.26 bits per heavy atom. The average Bonchev–Trinajstić information content (AvgIpc) is 3.35. The summed E-state index contributed by atoms with van der Waals surface area (Å²) < 4.78 is 6.13. The number of aromatic amines is 2. The molecule has 0 saturated heterocycles. The number of carbonyl (C=O) groups is 1. The fourth-order valence-corrected chi connectivity index (χ4v) is 4.38. The number of nitrogens with one attached hydrogen (secondary N) is 4. The van der Waals surface area contributed by atoms with Crippen LogP contribution in [0.3, 0.4) is 0 Å². The van der Waals surface area contributed by atoms with Crippen LogP contribution >= 0.6 is 11.8 Å². The summed E-state index contributed by atoms with van der Waals surface area (Å²) in [7, 11) is 0. The van der Waals surface area contributed by atoms with E-state index in [1.807, 2.05) is 26.0 Å². The van der Waals surface area contributed by atoms with Gasteiger partial charge in [0, 0.05) is 29.1 Å². The fourth-order valence-electron chi connectivity index (χ4n) is 3.53. The van der Waals surface area contributed by atoms with Crippen LogP contribution in [0.25, 0.3) is 0 Å². The van der Waals surface area contributed by atoms with Crippen molar-refractivity contribution < 1.29 is 9.21 Å². The fraction of sp³-hybridized carbons (Fsp3) is 0.278. The van der Waals surface area contributed by atoms with E-state index in [1.165, 1.54) is 11.8 Å². The first kappa shape index (κ1) is 16.4. The van der Waals surface area contributed by atoms with Gasteiger partial charge in [-0.15, -0.1) is 0 Å². The van der Waals surface area contributed by atoms with Crippen LogP contribution in [0.4, 0.5) is 5.82 Å². The molecule has 0 radical (unpaired) electrons. The van der Waals surface area contributed by atoms with E-state index in [2.05, 4.69) is 30.8 Å². The standard InChI is InChI=1S/C18H18N6O2S/c1-8-9(2)22-18(21-8)27-14-4-3-13(26-14)15-10-5-20-24-17(10)23-11-6-19-7-12(25)16(11)15/h3-5,15,19H,6-7H2,1-2H3,(H,21,22)(H2,20,23,24). The normalized spacial score (nSPS) is 19.0. The van der Waals surface area contributed by atoms with Crippen molar-refractivity contribution in [2.75, 3.05) is 18.4 Å². The maximum Gasteiger partial charge on any atom is 0.175 e. The van der Waals surface area contributed by atoms with Gasteiger partial charge < -0.3 is 20.0 Å². The van der Waals surface area contributed by atoms with E-state index in [0.29, 0.717) is 13.1 Å². The highest BCUT2D eigenvalue weighted by atomic mass is 32.2. The van der Waals surface area contributed by atoms with Crippen molar-refractivity contribution >= 4 is 23.4 Å². The summed E-state index contributed by atoms with van der Waals surface area (Å²) in [6.07, 6.45) is 1.75. The Hall–Kier alpha value is -2.78. The van der Waals surface area contributed by atoms with E-state index in [-0.39, 0.29) is 11.7 Å². The zero-order chi connectivity index (χ0) is 18.5. The molecule has 1 atom stereocenters. The largest absolute Gasteiger partial charge is 0.453 e. The molecule has 3 aromatic rings. The van der Waals surface area contributed by atoms with E-state index in [1.54, 1.807) is 6.20 Å². The number of H-pyrrole nitrogens is 2. The third-order valence-electron chi connectivity index (χ3n) is 4.95. The molecule has 0 spiro atoms. The van der Waals surface area contributed by atoms with Crippen molar-refractivity contribution in [3.63, 3.8) is 0 Å². The topological polar surface area (TPSA) is 112 Å². The van der Waals surface area contributed by atoms with Crippen molar-refractivity contribution in [3.05, 3.63) is 52.3 Å². The summed E-state index contributed by atoms with van der Waals surface area (Å²) in [6, 6.07) is 3.85. The summed E-state index contributed by atoms with van der Waals surface area (Å²) in [4.78, 5) is 20.4. The molecule has 0 aromatic carbocycles. The smallest absolute Gasteiger partial charge is 0.175 e. The lowest BCUT2D eigenvalue weighted by Crippen LogP contribution is -2.39. The molecule has 0 fully saturated rings. The van der Waals surface area contributed by atoms with E-state index >= 15 is 0 Å². The highest BCUT2D eigenvalue weighted by Crippen LogP contribution is 2.43. The minimum atomic E-state index is -0.265. The molecule has 0 aliphatic carbocycles. The number of nitrogens with zero attached hydrogens (tertiary/aromatic N) is 2. The Balaban J connectivity index is 1.52. The van der Waals surface area contributed by atoms with Crippen LogP contribution in [0.2, 0.25) is 0 Å². The lowest BCUT2D eigenvalue weighted by atomic mass is 9.82. The second-order valence-electron chi connectivity index (χ2n) is 6.69. The molecule has 5 heterocycles. The number of carbonyl (C=O) groups excluding carboxylic acids is 1. The molecule has 2 aliphatic heterocycles. The number of aromatic nitrogens is 4. The maximum atomic E-state index is 12.6. The maximum absolute atomic E-state index is 12.6. The average molecular weight is 382 g/mol. The van der Waals surface area contributed by atoms with E-state index < -0.39 is 0 Å². The zero-order valence-electron chi connectivity index (χ0n) is 14.8. The number of hydrogen-bond acceptors (Lipinski definition) is 7. The van der Waals surface area contributed by atoms with Crippen molar-refractivity contribution in [1.29, 1.82) is 0 Å². The van der Waals surface area contributed by atoms with Crippen molar-refractivity contribution in [1.82, 2.24) is 25.5 Å². The van der Waals surface area contributed by atoms with Crippen LogP contribution in [0.1, 0.15) is 28.6 Å². The second kappa shape index (κ2) is 6.14. The van der Waals surface area contributed by atoms with Crippen LogP contribution in [-0.2, 0) is 4.79 Å². The number of furan rings is 1. The van der Waals surface area contributed by atoms with Gasteiger partial charge in [-0.1, -0.05) is 0 Å². The van der Waals surface area contributed by atoms with Crippen LogP contribution < -0.4 is 10.6 Å². The third kappa shape index (κ3) is 2.70. The Labute approximate surface area is 159 Å². The molecule has 0 amide bonds. The van der Waals surface area contributed by atoms with Gasteiger partial charge in [-0.25, -0.2) is 4.98 Å². The predicted molar refractivity (Wildman–Crippen MR) is 99.8 cm³/mol. The van der Waals surface area contributed by atoms with Gasteiger partial charge >= 0.3 is 0 Å². The quantitative estimate of drug-likeness (QED) is 0.551. The first-order valence-electron chi connectivity index (χ1n) is 8.68. The van der Waals surface area contributed by atoms with Gasteiger partial charge in [0.05, 0.1) is 24.4 Å².